The van der Waals surface area contributed by atoms with E-state index >= 15 is 0 Å². The van der Waals surface area contributed by atoms with Gasteiger partial charge in [-0.3, -0.25) is 4.79 Å². The maximum Gasteiger partial charge on any atom is 0.243 e. The number of sulfone groups is 1. The van der Waals surface area contributed by atoms with E-state index in [-0.39, 0.29) is 28.8 Å². The Kier molecular flexibility index (Phi) is 6.05. The number of carbonyl (C=O) groups is 1. The fraction of sp³-hybridized carbons (Fsp3) is 0.300. The molecule has 1 aliphatic heterocycles. The molecule has 1 unspecified atom stereocenters. The first-order valence-electron chi connectivity index (χ1n) is 9.71. The van der Waals surface area contributed by atoms with Gasteiger partial charge in [0.2, 0.25) is 15.9 Å². The van der Waals surface area contributed by atoms with Crippen LogP contribution in [0.4, 0.5) is 9.52 Å². The predicted octanol–water partition coefficient (Wildman–Crippen LogP) is 2.88. The standard InChI is InChI=1S/C20H20FN3O5S3/c1-31(26,27)16-8-9-17-18(11-16)30-20(22-17)23-19(25)13-3-2-10-24(12-13)32(28,29)15-6-4-14(21)5-7-15/h4-9,11,13H,2-3,10,12H2,1H3,(H,22,23,25). The molecule has 1 aliphatic rings. The molecule has 170 valence electrons. The number of amides is 1. The Hall–Kier alpha value is -2.41. The maximum absolute atomic E-state index is 13.2. The zero-order chi connectivity index (χ0) is 23.1. The molecule has 0 aliphatic carbocycles. The van der Waals surface area contributed by atoms with Gasteiger partial charge in [0, 0.05) is 19.3 Å². The first kappa shape index (κ1) is 22.8. The highest BCUT2D eigenvalue weighted by atomic mass is 32.2. The van der Waals surface area contributed by atoms with Gasteiger partial charge in [-0.2, -0.15) is 4.31 Å². The maximum atomic E-state index is 13.2. The summed E-state index contributed by atoms with van der Waals surface area (Å²) in [6.07, 6.45) is 2.15. The van der Waals surface area contributed by atoms with Crippen molar-refractivity contribution in [2.75, 3.05) is 24.7 Å². The average Bonchev–Trinajstić information content (AvgIpc) is 3.15. The number of thiazole rings is 1. The number of rotatable bonds is 5. The monoisotopic (exact) mass is 497 g/mol. The second kappa shape index (κ2) is 8.50. The predicted molar refractivity (Wildman–Crippen MR) is 119 cm³/mol. The lowest BCUT2D eigenvalue weighted by atomic mass is 9.99. The van der Waals surface area contributed by atoms with Crippen LogP contribution in [0, 0.1) is 11.7 Å². The molecule has 1 amide bonds. The third-order valence-corrected chi connectivity index (χ3v) is 9.15. The molecule has 0 saturated carbocycles. The van der Waals surface area contributed by atoms with E-state index in [1.165, 1.54) is 28.6 Å². The van der Waals surface area contributed by atoms with Crippen molar-refractivity contribution in [2.24, 2.45) is 5.92 Å². The molecule has 1 fully saturated rings. The van der Waals surface area contributed by atoms with Crippen LogP contribution in [0.1, 0.15) is 12.8 Å². The van der Waals surface area contributed by atoms with Crippen molar-refractivity contribution in [2.45, 2.75) is 22.6 Å². The molecule has 0 radical (unpaired) electrons. The van der Waals surface area contributed by atoms with Gasteiger partial charge in [-0.1, -0.05) is 11.3 Å². The van der Waals surface area contributed by atoms with Crippen LogP contribution in [0.15, 0.2) is 52.3 Å². The highest BCUT2D eigenvalue weighted by Crippen LogP contribution is 2.30. The van der Waals surface area contributed by atoms with E-state index in [9.17, 15) is 26.0 Å². The third kappa shape index (κ3) is 4.68. The molecule has 2 heterocycles. The lowest BCUT2D eigenvalue weighted by molar-refractivity contribution is -0.120. The first-order valence-corrected chi connectivity index (χ1v) is 13.9. The number of halogens is 1. The van der Waals surface area contributed by atoms with E-state index in [1.54, 1.807) is 6.07 Å². The molecule has 1 aromatic heterocycles. The first-order chi connectivity index (χ1) is 15.0. The van der Waals surface area contributed by atoms with Crippen molar-refractivity contribution < 1.29 is 26.0 Å². The summed E-state index contributed by atoms with van der Waals surface area (Å²) in [6.45, 7) is 0.285. The average molecular weight is 498 g/mol. The van der Waals surface area contributed by atoms with Crippen LogP contribution in [0.2, 0.25) is 0 Å². The Labute approximate surface area is 189 Å². The number of aromatic nitrogens is 1. The van der Waals surface area contributed by atoms with Crippen molar-refractivity contribution in [3.63, 3.8) is 0 Å². The normalized spacial score (nSPS) is 18.0. The minimum Gasteiger partial charge on any atom is -0.302 e. The number of anilines is 1. The number of nitrogens with one attached hydrogen (secondary N) is 1. The van der Waals surface area contributed by atoms with Gasteiger partial charge in [0.25, 0.3) is 0 Å². The topological polar surface area (TPSA) is 114 Å². The fourth-order valence-corrected chi connectivity index (χ4v) is 6.68. The number of fused-ring (bicyclic) bond motifs is 1. The molecule has 8 nitrogen and oxygen atoms in total. The zero-order valence-electron chi connectivity index (χ0n) is 17.0. The summed E-state index contributed by atoms with van der Waals surface area (Å²) < 4.78 is 64.2. The van der Waals surface area contributed by atoms with E-state index in [0.717, 1.165) is 29.7 Å². The zero-order valence-corrected chi connectivity index (χ0v) is 19.4. The number of hydrogen-bond donors (Lipinski definition) is 1. The van der Waals surface area contributed by atoms with Crippen LogP contribution in [-0.2, 0) is 24.7 Å². The largest absolute Gasteiger partial charge is 0.302 e. The van der Waals surface area contributed by atoms with Crippen LogP contribution < -0.4 is 5.32 Å². The van der Waals surface area contributed by atoms with Gasteiger partial charge < -0.3 is 5.32 Å². The Morgan fingerprint density at radius 3 is 2.50 bits per heavy atom. The molecule has 4 rings (SSSR count). The molecular weight excluding hydrogens is 477 g/mol. The van der Waals surface area contributed by atoms with E-state index in [4.69, 9.17) is 0 Å². The van der Waals surface area contributed by atoms with Crippen molar-refractivity contribution in [1.29, 1.82) is 0 Å². The van der Waals surface area contributed by atoms with Crippen molar-refractivity contribution in [1.82, 2.24) is 9.29 Å². The minimum absolute atomic E-state index is 0.00860. The van der Waals surface area contributed by atoms with Crippen molar-refractivity contribution in [3.8, 4) is 0 Å². The number of hydrogen-bond acceptors (Lipinski definition) is 7. The van der Waals surface area contributed by atoms with E-state index in [1.807, 2.05) is 0 Å². The van der Waals surface area contributed by atoms with Crippen LogP contribution >= 0.6 is 11.3 Å². The molecule has 1 saturated heterocycles. The Morgan fingerprint density at radius 1 is 1.12 bits per heavy atom. The van der Waals surface area contributed by atoms with Gasteiger partial charge in [0.1, 0.15) is 5.82 Å². The molecule has 0 spiro atoms. The lowest BCUT2D eigenvalue weighted by Crippen LogP contribution is -2.43. The number of carbonyl (C=O) groups excluding carboxylic acids is 1. The number of benzene rings is 2. The molecule has 32 heavy (non-hydrogen) atoms. The van der Waals surface area contributed by atoms with Gasteiger partial charge in [-0.25, -0.2) is 26.2 Å². The van der Waals surface area contributed by atoms with Crippen LogP contribution in [0.3, 0.4) is 0 Å². The summed E-state index contributed by atoms with van der Waals surface area (Å²) in [7, 11) is -7.20. The van der Waals surface area contributed by atoms with Gasteiger partial charge in [0.15, 0.2) is 15.0 Å². The van der Waals surface area contributed by atoms with Crippen molar-refractivity contribution >= 4 is 52.5 Å². The van der Waals surface area contributed by atoms with Crippen LogP contribution in [-0.4, -0.2) is 51.4 Å². The number of sulfonamides is 1. The molecule has 2 aromatic carbocycles. The van der Waals surface area contributed by atoms with Crippen molar-refractivity contribution in [3.05, 3.63) is 48.3 Å². The SMILES string of the molecule is CS(=O)(=O)c1ccc2nc(NC(=O)C3CCCN(S(=O)(=O)c4ccc(F)cc4)C3)sc2c1. The molecule has 1 N–H and O–H groups in total. The van der Waals surface area contributed by atoms with Crippen LogP contribution in [0.25, 0.3) is 10.2 Å². The smallest absolute Gasteiger partial charge is 0.243 e. The van der Waals surface area contributed by atoms with Gasteiger partial charge in [0.05, 0.1) is 25.9 Å². The molecular formula is C20H20FN3O5S3. The summed E-state index contributed by atoms with van der Waals surface area (Å²) in [4.78, 5) is 17.3. The lowest BCUT2D eigenvalue weighted by Gasteiger charge is -2.31. The van der Waals surface area contributed by atoms with Gasteiger partial charge >= 0.3 is 0 Å². The molecule has 0 bridgehead atoms. The number of piperidine rings is 1. The van der Waals surface area contributed by atoms with Crippen LogP contribution in [0.5, 0.6) is 0 Å². The van der Waals surface area contributed by atoms with E-state index in [0.29, 0.717) is 28.2 Å². The molecule has 1 atom stereocenters. The summed E-state index contributed by atoms with van der Waals surface area (Å²) in [6, 6.07) is 9.14. The minimum atomic E-state index is -3.84. The molecule has 12 heteroatoms. The Morgan fingerprint density at radius 2 is 1.81 bits per heavy atom. The second-order valence-corrected chi connectivity index (χ2v) is 12.6. The van der Waals surface area contributed by atoms with E-state index < -0.39 is 31.6 Å². The molecule has 3 aromatic rings. The highest BCUT2D eigenvalue weighted by Gasteiger charge is 2.33. The quantitative estimate of drug-likeness (QED) is 0.580. The van der Waals surface area contributed by atoms with E-state index in [2.05, 4.69) is 10.3 Å². The Bertz CT molecular complexity index is 1390. The Balaban J connectivity index is 1.49. The summed E-state index contributed by atoms with van der Waals surface area (Å²) in [5, 5.41) is 3.04. The second-order valence-electron chi connectivity index (χ2n) is 7.57. The summed E-state index contributed by atoms with van der Waals surface area (Å²) >= 11 is 1.15. The third-order valence-electron chi connectivity index (χ3n) is 5.22. The summed E-state index contributed by atoms with van der Waals surface area (Å²) in [5.41, 5.74) is 0.557. The fourth-order valence-electron chi connectivity index (χ4n) is 3.53. The van der Waals surface area contributed by atoms with Gasteiger partial charge in [-0.05, 0) is 55.3 Å². The van der Waals surface area contributed by atoms with Gasteiger partial charge in [-0.15, -0.1) is 0 Å². The number of nitrogens with zero attached hydrogens (tertiary/aromatic N) is 2. The highest BCUT2D eigenvalue weighted by molar-refractivity contribution is 7.90. The summed E-state index contributed by atoms with van der Waals surface area (Å²) in [5.74, 6) is -1.46.